The van der Waals surface area contributed by atoms with Crippen LogP contribution in [0, 0.1) is 0 Å². The van der Waals surface area contributed by atoms with Gasteiger partial charge in [-0.15, -0.1) is 0 Å². The molecule has 1 aliphatic rings. The quantitative estimate of drug-likeness (QED) is 0.587. The molecule has 0 aromatic carbocycles. The van der Waals surface area contributed by atoms with E-state index in [2.05, 4.69) is 53.1 Å². The Morgan fingerprint density at radius 1 is 0.765 bits per heavy atom. The normalized spacial score (nSPS) is 36.9. The third-order valence-corrected chi connectivity index (χ3v) is 20.2. The molecule has 17 heavy (non-hydrogen) atoms. The molecule has 2 nitrogen and oxygen atoms in total. The van der Waals surface area contributed by atoms with Gasteiger partial charge in [-0.25, -0.2) is 8.42 Å². The highest BCUT2D eigenvalue weighted by molar-refractivity contribution is 8.06. The highest BCUT2D eigenvalue weighted by Gasteiger charge is 2.88. The predicted octanol–water partition coefficient (Wildman–Crippen LogP) is 3.47. The summed E-state index contributed by atoms with van der Waals surface area (Å²) in [6, 6.07) is 0. The zero-order valence-electron chi connectivity index (χ0n) is 12.6. The Morgan fingerprint density at radius 2 is 1.00 bits per heavy atom. The van der Waals surface area contributed by atoms with Crippen molar-refractivity contribution in [3.63, 3.8) is 0 Å². The van der Waals surface area contributed by atoms with Crippen molar-refractivity contribution >= 4 is 26.0 Å². The molecule has 0 amide bonds. The summed E-state index contributed by atoms with van der Waals surface area (Å²) in [7, 11) is -6.37. The molecule has 0 bridgehead atoms. The fraction of sp³-hybridized carbons (Fsp3) is 1.00. The fourth-order valence-corrected chi connectivity index (χ4v) is 24.1. The molecule has 0 N–H and O–H groups in total. The smallest absolute Gasteiger partial charge is 0.158 e. The molecule has 2 atom stereocenters. The van der Waals surface area contributed by atoms with Gasteiger partial charge in [0.05, 0.1) is 24.9 Å². The molecular formula is C12H28O2SSi2. The van der Waals surface area contributed by atoms with Crippen LogP contribution in [0.25, 0.3) is 0 Å². The van der Waals surface area contributed by atoms with E-state index in [1.165, 1.54) is 0 Å². The second-order valence-electron chi connectivity index (χ2n) is 7.36. The van der Waals surface area contributed by atoms with Crippen LogP contribution in [0.4, 0.5) is 0 Å². The number of sulfone groups is 1. The maximum Gasteiger partial charge on any atom is 0.158 e. The Hall–Kier alpha value is 0.384. The van der Waals surface area contributed by atoms with E-state index in [-0.39, 0.29) is 8.74 Å². The zero-order chi connectivity index (χ0) is 13.9. The summed E-state index contributed by atoms with van der Waals surface area (Å²) in [5, 5.41) is 0. The summed E-state index contributed by atoms with van der Waals surface area (Å²) in [5.41, 5.74) is 0. The monoisotopic (exact) mass is 292 g/mol. The van der Waals surface area contributed by atoms with Crippen molar-refractivity contribution in [3.05, 3.63) is 0 Å². The summed E-state index contributed by atoms with van der Waals surface area (Å²) < 4.78 is 25.0. The summed E-state index contributed by atoms with van der Waals surface area (Å²) in [6.45, 7) is 17.5. The average molecular weight is 293 g/mol. The van der Waals surface area contributed by atoms with Crippen molar-refractivity contribution in [2.24, 2.45) is 0 Å². The van der Waals surface area contributed by atoms with Crippen molar-refractivity contribution in [2.45, 2.75) is 74.7 Å². The molecule has 5 heteroatoms. The molecule has 1 fully saturated rings. The van der Waals surface area contributed by atoms with Crippen LogP contribution < -0.4 is 0 Å². The first kappa shape index (κ1) is 15.4. The van der Waals surface area contributed by atoms with Crippen LogP contribution >= 0.6 is 0 Å². The Morgan fingerprint density at radius 3 is 1.06 bits per heavy atom. The molecule has 1 rings (SSSR count). The van der Waals surface area contributed by atoms with Gasteiger partial charge in [0.25, 0.3) is 0 Å². The molecule has 1 heterocycles. The van der Waals surface area contributed by atoms with Gasteiger partial charge < -0.3 is 0 Å². The van der Waals surface area contributed by atoms with Crippen LogP contribution in [0.15, 0.2) is 0 Å². The van der Waals surface area contributed by atoms with Gasteiger partial charge in [-0.3, -0.25) is 0 Å². The lowest BCUT2D eigenvalue weighted by molar-refractivity contribution is 0.607. The molecule has 0 unspecified atom stereocenters. The largest absolute Gasteiger partial charge is 0.228 e. The standard InChI is InChI=1S/C12H28O2SSi2/c1-9-11(16(3,4)5)12(10-2,15(11,13)14)17(6,7)8/h9-10H2,1-8H3/t11-,12-/m0/s1. The van der Waals surface area contributed by atoms with Crippen LogP contribution in [-0.4, -0.2) is 33.3 Å². The van der Waals surface area contributed by atoms with Crippen molar-refractivity contribution in [3.8, 4) is 0 Å². The molecule has 1 saturated heterocycles. The van der Waals surface area contributed by atoms with Crippen molar-refractivity contribution in [1.29, 1.82) is 0 Å². The highest BCUT2D eigenvalue weighted by Crippen LogP contribution is 2.68. The predicted molar refractivity (Wildman–Crippen MR) is 81.7 cm³/mol. The summed E-state index contributed by atoms with van der Waals surface area (Å²) in [5.74, 6) is 0. The van der Waals surface area contributed by atoms with Crippen LogP contribution in [-0.2, 0) is 9.84 Å². The molecular weight excluding hydrogens is 264 g/mol. The van der Waals surface area contributed by atoms with E-state index in [1.54, 1.807) is 0 Å². The first-order chi connectivity index (χ1) is 7.37. The van der Waals surface area contributed by atoms with Gasteiger partial charge in [-0.2, -0.15) is 0 Å². The second kappa shape index (κ2) is 3.70. The van der Waals surface area contributed by atoms with Gasteiger partial charge in [0.2, 0.25) is 0 Å². The Labute approximate surface area is 109 Å². The lowest BCUT2D eigenvalue weighted by atomic mass is 10.2. The van der Waals surface area contributed by atoms with E-state index in [0.29, 0.717) is 0 Å². The first-order valence-electron chi connectivity index (χ1n) is 6.61. The topological polar surface area (TPSA) is 34.1 Å². The van der Waals surface area contributed by atoms with E-state index in [1.807, 2.05) is 0 Å². The molecule has 0 saturated carbocycles. The number of rotatable bonds is 4. The minimum Gasteiger partial charge on any atom is -0.228 e. The highest BCUT2D eigenvalue weighted by atomic mass is 32.2. The summed E-state index contributed by atoms with van der Waals surface area (Å²) in [6.07, 6.45) is 1.62. The Kier molecular flexibility index (Phi) is 3.36. The van der Waals surface area contributed by atoms with E-state index >= 15 is 0 Å². The van der Waals surface area contributed by atoms with Gasteiger partial charge >= 0.3 is 0 Å². The van der Waals surface area contributed by atoms with Crippen LogP contribution in [0.2, 0.25) is 39.3 Å². The molecule has 102 valence electrons. The Bertz CT molecular complexity index is 383. The lowest BCUT2D eigenvalue weighted by Gasteiger charge is -2.35. The fourth-order valence-electron chi connectivity index (χ4n) is 4.54. The molecule has 0 aromatic heterocycles. The van der Waals surface area contributed by atoms with E-state index in [0.717, 1.165) is 12.8 Å². The number of hydrogen-bond donors (Lipinski definition) is 0. The minimum absolute atomic E-state index is 0.355. The van der Waals surface area contributed by atoms with Gasteiger partial charge in [0.1, 0.15) is 0 Å². The SMILES string of the molecule is CC[C@]1([Si](C)(C)C)[C@](CC)([Si](C)(C)C)S1(=O)=O. The van der Waals surface area contributed by atoms with Gasteiger partial charge in [0.15, 0.2) is 9.84 Å². The van der Waals surface area contributed by atoms with Crippen molar-refractivity contribution < 1.29 is 8.42 Å². The molecule has 0 radical (unpaired) electrons. The molecule has 0 aliphatic carbocycles. The Balaban J connectivity index is 3.60. The molecule has 1 aliphatic heterocycles. The molecule has 0 spiro atoms. The molecule has 0 aromatic rings. The van der Waals surface area contributed by atoms with Gasteiger partial charge in [0, 0.05) is 0 Å². The van der Waals surface area contributed by atoms with Crippen LogP contribution in [0.3, 0.4) is 0 Å². The van der Waals surface area contributed by atoms with Gasteiger partial charge in [-0.05, 0) is 12.8 Å². The van der Waals surface area contributed by atoms with Crippen molar-refractivity contribution in [1.82, 2.24) is 0 Å². The third kappa shape index (κ3) is 1.39. The summed E-state index contributed by atoms with van der Waals surface area (Å²) >= 11 is 0. The van der Waals surface area contributed by atoms with Gasteiger partial charge in [-0.1, -0.05) is 53.1 Å². The van der Waals surface area contributed by atoms with E-state index in [4.69, 9.17) is 0 Å². The maximum atomic E-state index is 12.9. The van der Waals surface area contributed by atoms with E-state index in [9.17, 15) is 8.42 Å². The van der Waals surface area contributed by atoms with Crippen LogP contribution in [0.1, 0.15) is 26.7 Å². The number of hydrogen-bond acceptors (Lipinski definition) is 2. The average Bonchev–Trinajstić information content (AvgIpc) is 2.56. The van der Waals surface area contributed by atoms with Crippen molar-refractivity contribution in [2.75, 3.05) is 0 Å². The zero-order valence-corrected chi connectivity index (χ0v) is 15.5. The maximum absolute atomic E-state index is 12.9. The van der Waals surface area contributed by atoms with E-state index < -0.39 is 26.0 Å². The lowest BCUT2D eigenvalue weighted by Crippen LogP contribution is -2.55. The third-order valence-electron chi connectivity index (χ3n) is 4.95. The second-order valence-corrected chi connectivity index (χ2v) is 21.2. The van der Waals surface area contributed by atoms with Crippen LogP contribution in [0.5, 0.6) is 0 Å². The minimum atomic E-state index is -2.91. The summed E-state index contributed by atoms with van der Waals surface area (Å²) in [4.78, 5) is 0. The first-order valence-corrected chi connectivity index (χ1v) is 15.1.